The highest BCUT2D eigenvalue weighted by Crippen LogP contribution is 2.23. The predicted molar refractivity (Wildman–Crippen MR) is 57.6 cm³/mol. The van der Waals surface area contributed by atoms with Crippen molar-refractivity contribution < 1.29 is 22.7 Å². The summed E-state index contributed by atoms with van der Waals surface area (Å²) in [5, 5.41) is 2.60. The third-order valence-corrected chi connectivity index (χ3v) is 3.01. The molecule has 1 aliphatic carbocycles. The summed E-state index contributed by atoms with van der Waals surface area (Å²) in [5.74, 6) is -4.94. The van der Waals surface area contributed by atoms with Gasteiger partial charge in [0, 0.05) is 18.7 Å². The molecule has 0 atom stereocenters. The zero-order chi connectivity index (χ0) is 13.3. The van der Waals surface area contributed by atoms with Crippen molar-refractivity contribution in [2.24, 2.45) is 0 Å². The molecule has 1 N–H and O–H groups in total. The Morgan fingerprint density at radius 3 is 2.33 bits per heavy atom. The first-order chi connectivity index (χ1) is 8.51. The third-order valence-electron chi connectivity index (χ3n) is 3.01. The maximum atomic E-state index is 12.9. The Bertz CT molecular complexity index is 449. The first-order valence-electron chi connectivity index (χ1n) is 5.49. The van der Waals surface area contributed by atoms with E-state index >= 15 is 0 Å². The summed E-state index contributed by atoms with van der Waals surface area (Å²) in [6.07, 6.45) is 1.43. The van der Waals surface area contributed by atoms with Crippen molar-refractivity contribution in [2.45, 2.75) is 25.0 Å². The molecule has 6 heteroatoms. The van der Waals surface area contributed by atoms with E-state index in [1.807, 2.05) is 0 Å². The Morgan fingerprint density at radius 2 is 1.83 bits per heavy atom. The van der Waals surface area contributed by atoms with Crippen LogP contribution < -0.4 is 5.32 Å². The summed E-state index contributed by atoms with van der Waals surface area (Å²) in [5.41, 5.74) is -0.229. The van der Waals surface area contributed by atoms with Crippen LogP contribution in [0.4, 0.5) is 13.2 Å². The Kier molecular flexibility index (Phi) is 3.56. The topological polar surface area (TPSA) is 38.3 Å². The molecule has 0 radical (unpaired) electrons. The van der Waals surface area contributed by atoms with Gasteiger partial charge in [0.1, 0.15) is 0 Å². The monoisotopic (exact) mass is 259 g/mol. The molecule has 0 aliphatic heterocycles. The van der Waals surface area contributed by atoms with Gasteiger partial charge in [0.25, 0.3) is 5.91 Å². The largest absolute Gasteiger partial charge is 0.381 e. The van der Waals surface area contributed by atoms with Gasteiger partial charge in [-0.15, -0.1) is 0 Å². The maximum Gasteiger partial charge on any atom is 0.251 e. The van der Waals surface area contributed by atoms with E-state index in [-0.39, 0.29) is 17.7 Å². The average Bonchev–Trinajstić information content (AvgIpc) is 2.29. The van der Waals surface area contributed by atoms with Gasteiger partial charge in [0.15, 0.2) is 17.5 Å². The van der Waals surface area contributed by atoms with Crippen molar-refractivity contribution in [3.05, 3.63) is 35.1 Å². The number of halogens is 3. The van der Waals surface area contributed by atoms with E-state index < -0.39 is 23.4 Å². The van der Waals surface area contributed by atoms with Gasteiger partial charge < -0.3 is 10.1 Å². The Balaban J connectivity index is 2.02. The average molecular weight is 259 g/mol. The molecule has 1 aromatic rings. The minimum atomic E-state index is -1.57. The highest BCUT2D eigenvalue weighted by atomic mass is 19.2. The molecule has 1 aliphatic rings. The quantitative estimate of drug-likeness (QED) is 0.843. The smallest absolute Gasteiger partial charge is 0.251 e. The molecular weight excluding hydrogens is 247 g/mol. The van der Waals surface area contributed by atoms with Gasteiger partial charge in [-0.3, -0.25) is 4.79 Å². The SMILES string of the molecule is COC1CC(NC(=O)c2cc(F)c(F)c(F)c2)C1. The first kappa shape index (κ1) is 12.9. The Hall–Kier alpha value is -1.56. The van der Waals surface area contributed by atoms with Gasteiger partial charge >= 0.3 is 0 Å². The van der Waals surface area contributed by atoms with Crippen molar-refractivity contribution in [3.8, 4) is 0 Å². The van der Waals surface area contributed by atoms with Gasteiger partial charge in [-0.2, -0.15) is 0 Å². The summed E-state index contributed by atoms with van der Waals surface area (Å²) >= 11 is 0. The van der Waals surface area contributed by atoms with Gasteiger partial charge in [0.2, 0.25) is 0 Å². The lowest BCUT2D eigenvalue weighted by Gasteiger charge is -2.34. The molecule has 0 heterocycles. The minimum Gasteiger partial charge on any atom is -0.381 e. The van der Waals surface area contributed by atoms with Crippen LogP contribution in [0.25, 0.3) is 0 Å². The van der Waals surface area contributed by atoms with Crippen molar-refractivity contribution in [2.75, 3.05) is 7.11 Å². The number of hydrogen-bond donors (Lipinski definition) is 1. The fraction of sp³-hybridized carbons (Fsp3) is 0.417. The molecule has 1 amide bonds. The minimum absolute atomic E-state index is 0.0707. The number of amides is 1. The Labute approximate surface area is 102 Å². The standard InChI is InChI=1S/C12H12F3NO2/c1-18-8-4-7(5-8)16-12(17)6-2-9(13)11(15)10(14)3-6/h2-3,7-8H,4-5H2,1H3,(H,16,17). The van der Waals surface area contributed by atoms with Crippen molar-refractivity contribution in [1.82, 2.24) is 5.32 Å². The number of benzene rings is 1. The second-order valence-electron chi connectivity index (χ2n) is 4.25. The van der Waals surface area contributed by atoms with Crippen molar-refractivity contribution in [1.29, 1.82) is 0 Å². The van der Waals surface area contributed by atoms with Gasteiger partial charge in [0.05, 0.1) is 6.10 Å². The predicted octanol–water partition coefficient (Wildman–Crippen LogP) is 2.01. The van der Waals surface area contributed by atoms with E-state index in [2.05, 4.69) is 5.32 Å². The van der Waals surface area contributed by atoms with E-state index in [0.29, 0.717) is 25.0 Å². The molecule has 3 nitrogen and oxygen atoms in total. The van der Waals surface area contributed by atoms with Crippen molar-refractivity contribution >= 4 is 5.91 Å². The van der Waals surface area contributed by atoms with Crippen LogP contribution in [0.3, 0.4) is 0 Å². The molecule has 2 rings (SSSR count). The fourth-order valence-electron chi connectivity index (χ4n) is 1.83. The first-order valence-corrected chi connectivity index (χ1v) is 5.49. The van der Waals surface area contributed by atoms with Crippen LogP contribution in [-0.2, 0) is 4.74 Å². The Morgan fingerprint density at radius 1 is 1.28 bits per heavy atom. The van der Waals surface area contributed by atoms with E-state index in [1.54, 1.807) is 7.11 Å². The summed E-state index contributed by atoms with van der Waals surface area (Å²) in [4.78, 5) is 11.7. The summed E-state index contributed by atoms with van der Waals surface area (Å²) in [6, 6.07) is 1.29. The van der Waals surface area contributed by atoms with Crippen LogP contribution in [0.15, 0.2) is 12.1 Å². The highest BCUT2D eigenvalue weighted by Gasteiger charge is 2.30. The van der Waals surface area contributed by atoms with Crippen molar-refractivity contribution in [3.63, 3.8) is 0 Å². The molecular formula is C12H12F3NO2. The van der Waals surface area contributed by atoms with Crippen LogP contribution in [0.5, 0.6) is 0 Å². The molecule has 0 bridgehead atoms. The molecule has 98 valence electrons. The molecule has 0 aromatic heterocycles. The summed E-state index contributed by atoms with van der Waals surface area (Å²) in [7, 11) is 1.58. The zero-order valence-electron chi connectivity index (χ0n) is 9.67. The highest BCUT2D eigenvalue weighted by molar-refractivity contribution is 5.94. The van der Waals surface area contributed by atoms with Crippen LogP contribution in [0, 0.1) is 17.5 Å². The van der Waals surface area contributed by atoms with Crippen LogP contribution >= 0.6 is 0 Å². The molecule has 1 fully saturated rings. The molecule has 0 unspecified atom stereocenters. The van der Waals surface area contributed by atoms with Gasteiger partial charge in [-0.05, 0) is 25.0 Å². The summed E-state index contributed by atoms with van der Waals surface area (Å²) in [6.45, 7) is 0. The molecule has 1 aromatic carbocycles. The van der Waals surface area contributed by atoms with Gasteiger partial charge in [-0.1, -0.05) is 0 Å². The van der Waals surface area contributed by atoms with Crippen LogP contribution in [0.1, 0.15) is 23.2 Å². The number of nitrogens with one attached hydrogen (secondary N) is 1. The third kappa shape index (κ3) is 2.48. The molecule has 0 spiro atoms. The fourth-order valence-corrected chi connectivity index (χ4v) is 1.83. The number of carbonyl (C=O) groups excluding carboxylic acids is 1. The number of ether oxygens (including phenoxy) is 1. The number of rotatable bonds is 3. The van der Waals surface area contributed by atoms with Crippen LogP contribution in [-0.4, -0.2) is 25.2 Å². The number of hydrogen-bond acceptors (Lipinski definition) is 2. The number of methoxy groups -OCH3 is 1. The van der Waals surface area contributed by atoms with E-state index in [4.69, 9.17) is 4.74 Å². The maximum absolute atomic E-state index is 12.9. The zero-order valence-corrected chi connectivity index (χ0v) is 9.67. The second-order valence-corrected chi connectivity index (χ2v) is 4.25. The molecule has 18 heavy (non-hydrogen) atoms. The lowest BCUT2D eigenvalue weighted by Crippen LogP contribution is -2.47. The van der Waals surface area contributed by atoms with E-state index in [0.717, 1.165) is 0 Å². The van der Waals surface area contributed by atoms with E-state index in [9.17, 15) is 18.0 Å². The molecule has 0 saturated heterocycles. The lowest BCUT2D eigenvalue weighted by atomic mass is 9.89. The number of carbonyl (C=O) groups is 1. The second kappa shape index (κ2) is 4.97. The van der Waals surface area contributed by atoms with Gasteiger partial charge in [-0.25, -0.2) is 13.2 Å². The lowest BCUT2D eigenvalue weighted by molar-refractivity contribution is 0.0176. The normalized spacial score (nSPS) is 22.4. The summed E-state index contributed by atoms with van der Waals surface area (Å²) < 4.78 is 43.6. The van der Waals surface area contributed by atoms with E-state index in [1.165, 1.54) is 0 Å². The van der Waals surface area contributed by atoms with Crippen LogP contribution in [0.2, 0.25) is 0 Å². The molecule has 1 saturated carbocycles.